The summed E-state index contributed by atoms with van der Waals surface area (Å²) in [6.07, 6.45) is 6.23. The van der Waals surface area contributed by atoms with E-state index in [1.165, 1.54) is 31.1 Å². The molecule has 1 N–H and O–H groups in total. The maximum Gasteiger partial charge on any atom is 0.372 e. The summed E-state index contributed by atoms with van der Waals surface area (Å²) in [6.45, 7) is 2.73. The molecule has 1 saturated heterocycles. The Morgan fingerprint density at radius 3 is 2.61 bits per heavy atom. The van der Waals surface area contributed by atoms with E-state index in [9.17, 15) is 4.79 Å². The Bertz CT molecular complexity index is 627. The van der Waals surface area contributed by atoms with Crippen LogP contribution < -0.4 is 0 Å². The number of furan rings is 1. The van der Waals surface area contributed by atoms with Crippen molar-refractivity contribution in [1.82, 2.24) is 4.90 Å². The van der Waals surface area contributed by atoms with E-state index in [-0.39, 0.29) is 5.76 Å². The second kappa shape index (κ2) is 7.47. The second-order valence-electron chi connectivity index (χ2n) is 6.32. The number of carboxylic acid groups (broad SMARTS) is 1. The summed E-state index contributed by atoms with van der Waals surface area (Å²) in [5.74, 6) is -0.131. The van der Waals surface area contributed by atoms with Crippen molar-refractivity contribution in [3.05, 3.63) is 59.5 Å². The van der Waals surface area contributed by atoms with Crippen molar-refractivity contribution in [3.8, 4) is 0 Å². The van der Waals surface area contributed by atoms with Crippen molar-refractivity contribution in [3.63, 3.8) is 0 Å². The number of aromatic carboxylic acids is 1. The van der Waals surface area contributed by atoms with Crippen LogP contribution in [-0.2, 0) is 13.0 Å². The highest BCUT2D eigenvalue weighted by atomic mass is 16.4. The third-order valence-electron chi connectivity index (χ3n) is 4.73. The maximum atomic E-state index is 11.1. The van der Waals surface area contributed by atoms with Gasteiger partial charge in [-0.2, -0.15) is 0 Å². The van der Waals surface area contributed by atoms with E-state index >= 15 is 0 Å². The zero-order valence-corrected chi connectivity index (χ0v) is 13.3. The van der Waals surface area contributed by atoms with Gasteiger partial charge in [0.2, 0.25) is 5.76 Å². The molecule has 122 valence electrons. The molecular formula is C19H23NO3. The molecule has 23 heavy (non-hydrogen) atoms. The molecular weight excluding hydrogens is 290 g/mol. The van der Waals surface area contributed by atoms with Crippen LogP contribution in [-0.4, -0.2) is 29.1 Å². The Kier molecular flexibility index (Phi) is 5.13. The number of carboxylic acids is 1. The molecule has 2 heterocycles. The molecule has 0 radical (unpaired) electrons. The Hall–Kier alpha value is -2.07. The van der Waals surface area contributed by atoms with Crippen LogP contribution in [0.3, 0.4) is 0 Å². The lowest BCUT2D eigenvalue weighted by Gasteiger charge is -2.31. The standard InChI is InChI=1S/C19H23NO3/c21-19(22)18-17(10-13-23-18)14-20-11-8-16(9-12-20)7-6-15-4-2-1-3-5-15/h1-5,10,13,16H,6-9,11-12,14H2,(H,21,22). The quantitative estimate of drug-likeness (QED) is 0.881. The molecule has 1 fully saturated rings. The number of carbonyl (C=O) groups is 1. The van der Waals surface area contributed by atoms with Gasteiger partial charge in [-0.25, -0.2) is 4.79 Å². The van der Waals surface area contributed by atoms with Gasteiger partial charge in [0.05, 0.1) is 6.26 Å². The summed E-state index contributed by atoms with van der Waals surface area (Å²) >= 11 is 0. The van der Waals surface area contributed by atoms with E-state index in [1.807, 2.05) is 0 Å². The molecule has 1 aromatic heterocycles. The van der Waals surface area contributed by atoms with Crippen molar-refractivity contribution in [2.24, 2.45) is 5.92 Å². The van der Waals surface area contributed by atoms with E-state index in [4.69, 9.17) is 9.52 Å². The molecule has 0 aliphatic carbocycles. The van der Waals surface area contributed by atoms with Crippen LogP contribution in [0.1, 0.15) is 40.9 Å². The van der Waals surface area contributed by atoms with Crippen LogP contribution in [0.15, 0.2) is 47.1 Å². The molecule has 4 nitrogen and oxygen atoms in total. The minimum absolute atomic E-state index is 0.0798. The lowest BCUT2D eigenvalue weighted by molar-refractivity contribution is 0.0658. The van der Waals surface area contributed by atoms with Crippen molar-refractivity contribution in [1.29, 1.82) is 0 Å². The molecule has 1 aromatic carbocycles. The van der Waals surface area contributed by atoms with Crippen molar-refractivity contribution < 1.29 is 14.3 Å². The molecule has 4 heteroatoms. The molecule has 1 aliphatic heterocycles. The number of hydrogen-bond acceptors (Lipinski definition) is 3. The van der Waals surface area contributed by atoms with Gasteiger partial charge in [0.25, 0.3) is 0 Å². The topological polar surface area (TPSA) is 53.7 Å². The van der Waals surface area contributed by atoms with Crippen LogP contribution in [0.4, 0.5) is 0 Å². The van der Waals surface area contributed by atoms with E-state index in [0.29, 0.717) is 6.54 Å². The minimum Gasteiger partial charge on any atom is -0.475 e. The number of piperidine rings is 1. The van der Waals surface area contributed by atoms with Gasteiger partial charge in [-0.3, -0.25) is 4.90 Å². The Balaban J connectivity index is 1.45. The van der Waals surface area contributed by atoms with E-state index in [0.717, 1.165) is 31.0 Å². The van der Waals surface area contributed by atoms with Crippen LogP contribution in [0.25, 0.3) is 0 Å². The minimum atomic E-state index is -0.984. The van der Waals surface area contributed by atoms with Gasteiger partial charge in [0, 0.05) is 12.1 Å². The van der Waals surface area contributed by atoms with E-state index in [2.05, 4.69) is 35.2 Å². The molecule has 0 saturated carbocycles. The first-order valence-electron chi connectivity index (χ1n) is 8.28. The van der Waals surface area contributed by atoms with Crippen molar-refractivity contribution >= 4 is 5.97 Å². The summed E-state index contributed by atoms with van der Waals surface area (Å²) in [5.41, 5.74) is 2.19. The van der Waals surface area contributed by atoms with Gasteiger partial charge < -0.3 is 9.52 Å². The molecule has 0 atom stereocenters. The molecule has 2 aromatic rings. The van der Waals surface area contributed by atoms with Gasteiger partial charge in [-0.05, 0) is 56.3 Å². The lowest BCUT2D eigenvalue weighted by atomic mass is 9.90. The molecule has 0 unspecified atom stereocenters. The highest BCUT2D eigenvalue weighted by Gasteiger charge is 2.22. The first kappa shape index (κ1) is 15.8. The monoisotopic (exact) mass is 313 g/mol. The van der Waals surface area contributed by atoms with Gasteiger partial charge in [-0.1, -0.05) is 30.3 Å². The second-order valence-corrected chi connectivity index (χ2v) is 6.32. The molecule has 0 amide bonds. The third-order valence-corrected chi connectivity index (χ3v) is 4.73. The fraction of sp³-hybridized carbons (Fsp3) is 0.421. The fourth-order valence-corrected chi connectivity index (χ4v) is 3.34. The van der Waals surface area contributed by atoms with Crippen LogP contribution in [0.2, 0.25) is 0 Å². The van der Waals surface area contributed by atoms with Crippen LogP contribution in [0.5, 0.6) is 0 Å². The maximum absolute atomic E-state index is 11.1. The van der Waals surface area contributed by atoms with Crippen molar-refractivity contribution in [2.45, 2.75) is 32.2 Å². The SMILES string of the molecule is O=C(O)c1occc1CN1CCC(CCc2ccccc2)CC1. The van der Waals surface area contributed by atoms with Crippen molar-refractivity contribution in [2.75, 3.05) is 13.1 Å². The highest BCUT2D eigenvalue weighted by Crippen LogP contribution is 2.24. The average molecular weight is 313 g/mol. The summed E-state index contributed by atoms with van der Waals surface area (Å²) in [4.78, 5) is 13.4. The van der Waals surface area contributed by atoms with Gasteiger partial charge >= 0.3 is 5.97 Å². The zero-order chi connectivity index (χ0) is 16.1. The average Bonchev–Trinajstić information content (AvgIpc) is 3.04. The van der Waals surface area contributed by atoms with E-state index < -0.39 is 5.97 Å². The molecule has 0 spiro atoms. The molecule has 0 bridgehead atoms. The summed E-state index contributed by atoms with van der Waals surface area (Å²) in [7, 11) is 0. The fourth-order valence-electron chi connectivity index (χ4n) is 3.34. The Morgan fingerprint density at radius 1 is 1.17 bits per heavy atom. The highest BCUT2D eigenvalue weighted by molar-refractivity contribution is 5.86. The first-order valence-corrected chi connectivity index (χ1v) is 8.28. The predicted molar refractivity (Wildman–Crippen MR) is 88.4 cm³/mol. The zero-order valence-electron chi connectivity index (χ0n) is 13.3. The number of likely N-dealkylation sites (tertiary alicyclic amines) is 1. The number of benzene rings is 1. The summed E-state index contributed by atoms with van der Waals surface area (Å²) in [6, 6.07) is 12.4. The lowest BCUT2D eigenvalue weighted by Crippen LogP contribution is -2.33. The summed E-state index contributed by atoms with van der Waals surface area (Å²) in [5, 5.41) is 9.09. The Morgan fingerprint density at radius 2 is 1.91 bits per heavy atom. The number of aryl methyl sites for hydroxylation is 1. The van der Waals surface area contributed by atoms with Gasteiger partial charge in [0.1, 0.15) is 0 Å². The third kappa shape index (κ3) is 4.23. The largest absolute Gasteiger partial charge is 0.475 e. The van der Waals surface area contributed by atoms with Crippen LogP contribution in [0, 0.1) is 5.92 Å². The van der Waals surface area contributed by atoms with Gasteiger partial charge in [-0.15, -0.1) is 0 Å². The molecule has 1 aliphatic rings. The molecule has 3 rings (SSSR count). The smallest absolute Gasteiger partial charge is 0.372 e. The summed E-state index contributed by atoms with van der Waals surface area (Å²) < 4.78 is 5.05. The first-order chi connectivity index (χ1) is 11.2. The normalized spacial score (nSPS) is 16.5. The number of rotatable bonds is 6. The van der Waals surface area contributed by atoms with Crippen LogP contribution >= 0.6 is 0 Å². The Labute approximate surface area is 136 Å². The van der Waals surface area contributed by atoms with Gasteiger partial charge in [0.15, 0.2) is 0 Å². The number of nitrogens with zero attached hydrogens (tertiary/aromatic N) is 1. The van der Waals surface area contributed by atoms with E-state index in [1.54, 1.807) is 6.07 Å². The predicted octanol–water partition coefficient (Wildman–Crippen LogP) is 3.82. The number of hydrogen-bond donors (Lipinski definition) is 1.